The Balaban J connectivity index is 2.79. The minimum atomic E-state index is -5.02. The molecule has 0 heterocycles. The van der Waals surface area contributed by atoms with Crippen molar-refractivity contribution in [1.29, 1.82) is 0 Å². The first kappa shape index (κ1) is 18.7. The Morgan fingerprint density at radius 1 is 1.13 bits per heavy atom. The molecule has 0 aromatic heterocycles. The summed E-state index contributed by atoms with van der Waals surface area (Å²) < 4.78 is 65.6. The molecule has 1 atom stereocenters. The van der Waals surface area contributed by atoms with E-state index in [-0.39, 0.29) is 19.0 Å². The summed E-state index contributed by atoms with van der Waals surface area (Å²) in [5.41, 5.74) is -1.03. The fourth-order valence-electron chi connectivity index (χ4n) is 1.68. The van der Waals surface area contributed by atoms with Gasteiger partial charge in [0.25, 0.3) is 0 Å². The molecule has 128 valence electrons. The number of hydrogen-bond acceptors (Lipinski definition) is 2. The van der Waals surface area contributed by atoms with Crippen LogP contribution in [0, 0.1) is 11.6 Å². The summed E-state index contributed by atoms with van der Waals surface area (Å²) in [6.45, 7) is 1.10. The molecule has 0 saturated carbocycles. The zero-order valence-electron chi connectivity index (χ0n) is 11.9. The molecule has 3 N–H and O–H groups in total. The Kier molecular flexibility index (Phi) is 6.28. The van der Waals surface area contributed by atoms with Crippen molar-refractivity contribution < 1.29 is 31.5 Å². The van der Waals surface area contributed by atoms with Crippen molar-refractivity contribution in [2.24, 2.45) is 0 Å². The lowest BCUT2D eigenvalue weighted by molar-refractivity contribution is -0.155. The van der Waals surface area contributed by atoms with E-state index < -0.39 is 35.4 Å². The number of rotatable bonds is 5. The van der Waals surface area contributed by atoms with E-state index in [2.05, 4.69) is 10.6 Å². The van der Waals surface area contributed by atoms with Crippen LogP contribution >= 0.6 is 0 Å². The van der Waals surface area contributed by atoms with E-state index in [1.54, 1.807) is 0 Å². The van der Waals surface area contributed by atoms with Crippen molar-refractivity contribution in [2.45, 2.75) is 19.1 Å². The van der Waals surface area contributed by atoms with E-state index in [0.717, 1.165) is 12.1 Å². The summed E-state index contributed by atoms with van der Waals surface area (Å²) in [4.78, 5) is 22.0. The van der Waals surface area contributed by atoms with Crippen molar-refractivity contribution in [3.05, 3.63) is 35.4 Å². The van der Waals surface area contributed by atoms with Crippen LogP contribution in [0.3, 0.4) is 0 Å². The third-order valence-electron chi connectivity index (χ3n) is 2.68. The molecule has 0 aliphatic carbocycles. The maximum Gasteiger partial charge on any atom is 0.413 e. The van der Waals surface area contributed by atoms with Gasteiger partial charge in [-0.3, -0.25) is 4.79 Å². The molecule has 1 aromatic rings. The van der Waals surface area contributed by atoms with Gasteiger partial charge in [0.1, 0.15) is 0 Å². The molecule has 0 radical (unpaired) electrons. The maximum atomic E-state index is 13.5. The van der Waals surface area contributed by atoms with Gasteiger partial charge in [0, 0.05) is 25.6 Å². The topological polar surface area (TPSA) is 70.2 Å². The Labute approximate surface area is 128 Å². The zero-order chi connectivity index (χ0) is 17.6. The van der Waals surface area contributed by atoms with Gasteiger partial charge in [0.2, 0.25) is 5.91 Å². The molecular formula is C13H14F5N3O2. The average Bonchev–Trinajstić information content (AvgIpc) is 2.43. The van der Waals surface area contributed by atoms with E-state index in [0.29, 0.717) is 6.07 Å². The SMILES string of the molecule is CC(=O)NCCNC(=O)NC(c1cccc(F)c1F)C(F)(F)F. The number of carbonyl (C=O) groups is 2. The highest BCUT2D eigenvalue weighted by atomic mass is 19.4. The number of benzene rings is 1. The van der Waals surface area contributed by atoms with Crippen LogP contribution < -0.4 is 16.0 Å². The van der Waals surface area contributed by atoms with E-state index >= 15 is 0 Å². The lowest BCUT2D eigenvalue weighted by atomic mass is 10.1. The zero-order valence-corrected chi connectivity index (χ0v) is 11.9. The van der Waals surface area contributed by atoms with Gasteiger partial charge in [-0.2, -0.15) is 13.2 Å². The Hall–Kier alpha value is -2.39. The van der Waals surface area contributed by atoms with Crippen LogP contribution in [0.1, 0.15) is 18.5 Å². The maximum absolute atomic E-state index is 13.5. The first-order chi connectivity index (χ1) is 10.6. The fourth-order valence-corrected chi connectivity index (χ4v) is 1.68. The quantitative estimate of drug-likeness (QED) is 0.567. The number of alkyl halides is 3. The summed E-state index contributed by atoms with van der Waals surface area (Å²) in [7, 11) is 0. The molecule has 3 amide bonds. The smallest absolute Gasteiger partial charge is 0.355 e. The molecule has 0 aliphatic heterocycles. The molecule has 0 fully saturated rings. The van der Waals surface area contributed by atoms with Crippen molar-refractivity contribution in [3.8, 4) is 0 Å². The molecule has 1 aromatic carbocycles. The molecule has 0 bridgehead atoms. The molecule has 10 heteroatoms. The third kappa shape index (κ3) is 5.72. The predicted octanol–water partition coefficient (Wildman–Crippen LogP) is 2.00. The second-order valence-corrected chi connectivity index (χ2v) is 4.50. The van der Waals surface area contributed by atoms with Gasteiger partial charge in [-0.1, -0.05) is 12.1 Å². The van der Waals surface area contributed by atoms with Crippen LogP contribution in [0.4, 0.5) is 26.7 Å². The molecule has 0 saturated heterocycles. The number of hydrogen-bond donors (Lipinski definition) is 3. The predicted molar refractivity (Wildman–Crippen MR) is 70.4 cm³/mol. The summed E-state index contributed by atoms with van der Waals surface area (Å²) in [5, 5.41) is 5.92. The Morgan fingerprint density at radius 3 is 2.30 bits per heavy atom. The van der Waals surface area contributed by atoms with E-state index in [9.17, 15) is 31.5 Å². The first-order valence-electron chi connectivity index (χ1n) is 6.42. The largest absolute Gasteiger partial charge is 0.413 e. The number of urea groups is 1. The average molecular weight is 339 g/mol. The van der Waals surface area contributed by atoms with Gasteiger partial charge in [0.05, 0.1) is 0 Å². The highest BCUT2D eigenvalue weighted by molar-refractivity contribution is 5.75. The molecular weight excluding hydrogens is 325 g/mol. The highest BCUT2D eigenvalue weighted by Gasteiger charge is 2.43. The van der Waals surface area contributed by atoms with Crippen molar-refractivity contribution >= 4 is 11.9 Å². The Morgan fingerprint density at radius 2 is 1.74 bits per heavy atom. The molecule has 0 aliphatic rings. The van der Waals surface area contributed by atoms with Crippen LogP contribution in [-0.4, -0.2) is 31.2 Å². The summed E-state index contributed by atoms with van der Waals surface area (Å²) in [5.74, 6) is -3.51. The molecule has 23 heavy (non-hydrogen) atoms. The second kappa shape index (κ2) is 7.75. The van der Waals surface area contributed by atoms with Crippen molar-refractivity contribution in [1.82, 2.24) is 16.0 Å². The second-order valence-electron chi connectivity index (χ2n) is 4.50. The number of amides is 3. The Bertz CT molecular complexity index is 577. The molecule has 5 nitrogen and oxygen atoms in total. The van der Waals surface area contributed by atoms with E-state index in [1.165, 1.54) is 12.2 Å². The minimum Gasteiger partial charge on any atom is -0.355 e. The lowest BCUT2D eigenvalue weighted by Crippen LogP contribution is -2.45. The molecule has 1 unspecified atom stereocenters. The highest BCUT2D eigenvalue weighted by Crippen LogP contribution is 2.34. The van der Waals surface area contributed by atoms with Crippen LogP contribution in [0.2, 0.25) is 0 Å². The number of carbonyl (C=O) groups excluding carboxylic acids is 2. The standard InChI is InChI=1S/C13H14F5N3O2/c1-7(22)19-5-6-20-12(23)21-11(13(16,17)18)8-3-2-4-9(14)10(8)15/h2-4,11H,5-6H2,1H3,(H,19,22)(H2,20,21,23). The molecule has 1 rings (SSSR count). The summed E-state index contributed by atoms with van der Waals surface area (Å²) in [6, 6.07) is -1.64. The van der Waals surface area contributed by atoms with Crippen LogP contribution in [0.25, 0.3) is 0 Å². The van der Waals surface area contributed by atoms with Gasteiger partial charge < -0.3 is 16.0 Å². The van der Waals surface area contributed by atoms with Crippen molar-refractivity contribution in [3.63, 3.8) is 0 Å². The first-order valence-corrected chi connectivity index (χ1v) is 6.42. The summed E-state index contributed by atoms with van der Waals surface area (Å²) >= 11 is 0. The third-order valence-corrected chi connectivity index (χ3v) is 2.68. The van der Waals surface area contributed by atoms with Gasteiger partial charge in [-0.15, -0.1) is 0 Å². The summed E-state index contributed by atoms with van der Waals surface area (Å²) in [6.07, 6.45) is -5.02. The number of halogens is 5. The minimum absolute atomic E-state index is 0.00770. The normalized spacial score (nSPS) is 12.4. The van der Waals surface area contributed by atoms with Crippen LogP contribution in [-0.2, 0) is 4.79 Å². The monoisotopic (exact) mass is 339 g/mol. The van der Waals surface area contributed by atoms with Crippen LogP contribution in [0.15, 0.2) is 18.2 Å². The number of nitrogens with one attached hydrogen (secondary N) is 3. The van der Waals surface area contributed by atoms with Crippen molar-refractivity contribution in [2.75, 3.05) is 13.1 Å². The van der Waals surface area contributed by atoms with Gasteiger partial charge in [-0.25, -0.2) is 13.6 Å². The fraction of sp³-hybridized carbons (Fsp3) is 0.385. The van der Waals surface area contributed by atoms with Crippen LogP contribution in [0.5, 0.6) is 0 Å². The van der Waals surface area contributed by atoms with E-state index in [1.807, 2.05) is 0 Å². The van der Waals surface area contributed by atoms with E-state index in [4.69, 9.17) is 0 Å². The van der Waals surface area contributed by atoms with Gasteiger partial charge in [-0.05, 0) is 6.07 Å². The van der Waals surface area contributed by atoms with Gasteiger partial charge in [0.15, 0.2) is 17.7 Å². The van der Waals surface area contributed by atoms with Gasteiger partial charge >= 0.3 is 12.2 Å². The lowest BCUT2D eigenvalue weighted by Gasteiger charge is -2.22. The molecule has 0 spiro atoms.